The molecule has 0 aromatic heterocycles. The van der Waals surface area contributed by atoms with E-state index in [0.717, 1.165) is 11.3 Å². The van der Waals surface area contributed by atoms with Crippen molar-refractivity contribution in [2.75, 3.05) is 5.32 Å². The Balaban J connectivity index is 0.00000172. The zero-order valence-corrected chi connectivity index (χ0v) is 13.2. The normalized spacial score (nSPS) is 10.2. The van der Waals surface area contributed by atoms with Gasteiger partial charge in [0.1, 0.15) is 0 Å². The second-order valence-electron chi connectivity index (χ2n) is 4.30. The molecule has 0 saturated heterocycles. The summed E-state index contributed by atoms with van der Waals surface area (Å²) in [4.78, 5) is 11.1. The van der Waals surface area contributed by atoms with Crippen LogP contribution in [0.3, 0.4) is 0 Å². The second-order valence-corrected chi connectivity index (χ2v) is 4.30. The SMILES string of the molecule is C/C=C(/Nc1ccccc1C(=O)O)C(C)=C(C)C.CC. The Labute approximate surface area is 122 Å². The lowest BCUT2D eigenvalue weighted by atomic mass is 10.1. The van der Waals surface area contributed by atoms with Gasteiger partial charge in [-0.15, -0.1) is 0 Å². The molecule has 0 bridgehead atoms. The van der Waals surface area contributed by atoms with Gasteiger partial charge in [-0.25, -0.2) is 4.79 Å². The van der Waals surface area contributed by atoms with Crippen molar-refractivity contribution in [3.63, 3.8) is 0 Å². The van der Waals surface area contributed by atoms with Gasteiger partial charge in [-0.2, -0.15) is 0 Å². The number of carboxylic acids is 1. The summed E-state index contributed by atoms with van der Waals surface area (Å²) in [5.74, 6) is -0.927. The van der Waals surface area contributed by atoms with Crippen LogP contribution < -0.4 is 5.32 Å². The number of nitrogens with one attached hydrogen (secondary N) is 1. The van der Waals surface area contributed by atoms with E-state index in [2.05, 4.69) is 5.32 Å². The largest absolute Gasteiger partial charge is 0.478 e. The van der Waals surface area contributed by atoms with E-state index in [4.69, 9.17) is 5.11 Å². The average molecular weight is 275 g/mol. The summed E-state index contributed by atoms with van der Waals surface area (Å²) in [6, 6.07) is 6.90. The fourth-order valence-electron chi connectivity index (χ4n) is 1.58. The molecule has 3 nitrogen and oxygen atoms in total. The van der Waals surface area contributed by atoms with Crippen LogP contribution in [0.5, 0.6) is 0 Å². The molecule has 0 fully saturated rings. The van der Waals surface area contributed by atoms with Crippen molar-refractivity contribution < 1.29 is 9.90 Å². The van der Waals surface area contributed by atoms with Crippen LogP contribution >= 0.6 is 0 Å². The van der Waals surface area contributed by atoms with Crippen molar-refractivity contribution in [1.82, 2.24) is 0 Å². The molecule has 110 valence electrons. The summed E-state index contributed by atoms with van der Waals surface area (Å²) >= 11 is 0. The molecule has 1 aromatic carbocycles. The van der Waals surface area contributed by atoms with Crippen molar-refractivity contribution in [3.05, 3.63) is 52.7 Å². The number of anilines is 1. The predicted molar refractivity (Wildman–Crippen MR) is 86.2 cm³/mol. The first-order chi connectivity index (χ1) is 9.47. The molecule has 1 rings (SSSR count). The number of carbonyl (C=O) groups is 1. The molecule has 1 aromatic rings. The Morgan fingerprint density at radius 3 is 2.15 bits per heavy atom. The molecular weight excluding hydrogens is 250 g/mol. The molecule has 0 saturated carbocycles. The van der Waals surface area contributed by atoms with Crippen LogP contribution in [0.15, 0.2) is 47.2 Å². The van der Waals surface area contributed by atoms with E-state index in [1.54, 1.807) is 18.2 Å². The third-order valence-electron chi connectivity index (χ3n) is 2.87. The summed E-state index contributed by atoms with van der Waals surface area (Å²) in [6.45, 7) is 12.0. The fourth-order valence-corrected chi connectivity index (χ4v) is 1.58. The van der Waals surface area contributed by atoms with E-state index in [0.29, 0.717) is 5.69 Å². The first-order valence-corrected chi connectivity index (χ1v) is 6.87. The molecule has 3 heteroatoms. The number of para-hydroxylation sites is 1. The maximum Gasteiger partial charge on any atom is 0.337 e. The van der Waals surface area contributed by atoms with Gasteiger partial charge in [0, 0.05) is 5.70 Å². The van der Waals surface area contributed by atoms with Crippen molar-refractivity contribution >= 4 is 11.7 Å². The highest BCUT2D eigenvalue weighted by Crippen LogP contribution is 2.21. The number of aromatic carboxylic acids is 1. The van der Waals surface area contributed by atoms with Gasteiger partial charge in [0.05, 0.1) is 11.3 Å². The summed E-state index contributed by atoms with van der Waals surface area (Å²) in [7, 11) is 0. The molecule has 0 unspecified atom stereocenters. The van der Waals surface area contributed by atoms with Gasteiger partial charge in [0.2, 0.25) is 0 Å². The molecule has 0 heterocycles. The highest BCUT2D eigenvalue weighted by atomic mass is 16.4. The summed E-state index contributed by atoms with van der Waals surface area (Å²) in [6.07, 6.45) is 1.95. The van der Waals surface area contributed by atoms with Gasteiger partial charge in [-0.1, -0.05) is 37.6 Å². The minimum Gasteiger partial charge on any atom is -0.478 e. The Morgan fingerprint density at radius 2 is 1.70 bits per heavy atom. The number of hydrogen-bond donors (Lipinski definition) is 2. The molecular formula is C17H25NO2. The minimum absolute atomic E-state index is 0.276. The van der Waals surface area contributed by atoms with Crippen LogP contribution in [0, 0.1) is 0 Å². The van der Waals surface area contributed by atoms with Crippen LogP contribution in [0.1, 0.15) is 51.9 Å². The van der Waals surface area contributed by atoms with E-state index >= 15 is 0 Å². The van der Waals surface area contributed by atoms with Gasteiger partial charge in [0.15, 0.2) is 0 Å². The molecule has 0 atom stereocenters. The molecule has 0 aliphatic rings. The number of allylic oxidation sites excluding steroid dienone is 3. The van der Waals surface area contributed by atoms with Crippen LogP contribution in [0.2, 0.25) is 0 Å². The number of rotatable bonds is 4. The molecule has 0 radical (unpaired) electrons. The van der Waals surface area contributed by atoms with Crippen molar-refractivity contribution in [3.8, 4) is 0 Å². The maximum atomic E-state index is 11.1. The van der Waals surface area contributed by atoms with Gasteiger partial charge in [-0.3, -0.25) is 0 Å². The number of benzene rings is 1. The standard InChI is InChI=1S/C15H19NO2.C2H6/c1-5-13(11(4)10(2)3)16-14-9-7-6-8-12(14)15(17)18;1-2/h5-9,16H,1-4H3,(H,17,18);1-2H3/b13-5+;. The van der Waals surface area contributed by atoms with Crippen molar-refractivity contribution in [2.45, 2.75) is 41.5 Å². The zero-order chi connectivity index (χ0) is 15.7. The van der Waals surface area contributed by atoms with Gasteiger partial charge in [0.25, 0.3) is 0 Å². The molecule has 2 N–H and O–H groups in total. The quantitative estimate of drug-likeness (QED) is 0.753. The highest BCUT2D eigenvalue weighted by molar-refractivity contribution is 5.94. The van der Waals surface area contributed by atoms with Crippen molar-refractivity contribution in [2.24, 2.45) is 0 Å². The highest BCUT2D eigenvalue weighted by Gasteiger charge is 2.10. The lowest BCUT2D eigenvalue weighted by Crippen LogP contribution is -2.07. The van der Waals surface area contributed by atoms with Crippen LogP contribution in [-0.2, 0) is 0 Å². The zero-order valence-electron chi connectivity index (χ0n) is 13.2. The Kier molecular flexibility index (Phi) is 8.06. The number of carboxylic acid groups (broad SMARTS) is 1. The predicted octanol–water partition coefficient (Wildman–Crippen LogP) is 5.08. The second kappa shape index (κ2) is 8.97. The Hall–Kier alpha value is -2.03. The first kappa shape index (κ1) is 18.0. The lowest BCUT2D eigenvalue weighted by molar-refractivity contribution is 0.0698. The minimum atomic E-state index is -0.927. The van der Waals surface area contributed by atoms with Crippen LogP contribution in [0.25, 0.3) is 0 Å². The molecule has 0 aliphatic heterocycles. The monoisotopic (exact) mass is 275 g/mol. The molecule has 0 aliphatic carbocycles. The van der Waals surface area contributed by atoms with E-state index in [1.165, 1.54) is 5.57 Å². The summed E-state index contributed by atoms with van der Waals surface area (Å²) < 4.78 is 0. The third-order valence-corrected chi connectivity index (χ3v) is 2.87. The molecule has 20 heavy (non-hydrogen) atoms. The fraction of sp³-hybridized carbons (Fsp3) is 0.353. The van der Waals surface area contributed by atoms with Gasteiger partial charge in [-0.05, 0) is 45.4 Å². The average Bonchev–Trinajstić information content (AvgIpc) is 2.46. The molecule has 0 spiro atoms. The first-order valence-electron chi connectivity index (χ1n) is 6.87. The Morgan fingerprint density at radius 1 is 1.15 bits per heavy atom. The number of hydrogen-bond acceptors (Lipinski definition) is 2. The summed E-state index contributed by atoms with van der Waals surface area (Å²) in [5, 5.41) is 12.3. The maximum absolute atomic E-state index is 11.1. The van der Waals surface area contributed by atoms with Gasteiger partial charge < -0.3 is 10.4 Å². The topological polar surface area (TPSA) is 49.3 Å². The van der Waals surface area contributed by atoms with E-state index in [9.17, 15) is 4.79 Å². The van der Waals surface area contributed by atoms with E-state index in [-0.39, 0.29) is 5.56 Å². The van der Waals surface area contributed by atoms with E-state index in [1.807, 2.05) is 53.7 Å². The third kappa shape index (κ3) is 4.92. The van der Waals surface area contributed by atoms with Crippen LogP contribution in [-0.4, -0.2) is 11.1 Å². The molecule has 0 amide bonds. The van der Waals surface area contributed by atoms with Crippen LogP contribution in [0.4, 0.5) is 5.69 Å². The smallest absolute Gasteiger partial charge is 0.337 e. The van der Waals surface area contributed by atoms with E-state index < -0.39 is 5.97 Å². The van der Waals surface area contributed by atoms with Gasteiger partial charge >= 0.3 is 5.97 Å². The lowest BCUT2D eigenvalue weighted by Gasteiger charge is -2.14. The Bertz CT molecular complexity index is 509. The summed E-state index contributed by atoms with van der Waals surface area (Å²) in [5.41, 5.74) is 4.14. The van der Waals surface area contributed by atoms with Crippen molar-refractivity contribution in [1.29, 1.82) is 0 Å².